The van der Waals surface area contributed by atoms with E-state index in [4.69, 9.17) is 11.6 Å². The number of rotatable bonds is 3. The fourth-order valence-electron chi connectivity index (χ4n) is 2.86. The minimum Gasteiger partial charge on any atom is -0.478 e. The van der Waals surface area contributed by atoms with E-state index in [1.54, 1.807) is 24.3 Å². The summed E-state index contributed by atoms with van der Waals surface area (Å²) in [5.74, 6) is -1.27. The van der Waals surface area contributed by atoms with Gasteiger partial charge in [0.15, 0.2) is 0 Å². The molecule has 1 fully saturated rings. The van der Waals surface area contributed by atoms with E-state index in [1.165, 1.54) is 6.07 Å². The number of halogens is 2. The number of piperazine rings is 1. The molecule has 1 saturated heterocycles. The smallest absolute Gasteiger partial charge is 0.337 e. The molecular formula is C17H16ClFN2O2. The molecule has 1 N–H and O–H groups in total. The van der Waals surface area contributed by atoms with Gasteiger partial charge in [-0.25, -0.2) is 9.18 Å². The summed E-state index contributed by atoms with van der Waals surface area (Å²) in [5, 5.41) is 9.66. The number of carbonyl (C=O) groups is 1. The van der Waals surface area contributed by atoms with Crippen LogP contribution < -0.4 is 9.80 Å². The van der Waals surface area contributed by atoms with Crippen molar-refractivity contribution in [3.05, 3.63) is 58.9 Å². The summed E-state index contributed by atoms with van der Waals surface area (Å²) in [5.41, 5.74) is 1.52. The molecule has 0 radical (unpaired) electrons. The number of carboxylic acid groups (broad SMARTS) is 1. The molecule has 23 heavy (non-hydrogen) atoms. The van der Waals surface area contributed by atoms with E-state index in [9.17, 15) is 14.3 Å². The van der Waals surface area contributed by atoms with Crippen LogP contribution in [0, 0.1) is 5.82 Å². The lowest BCUT2D eigenvalue weighted by molar-refractivity contribution is 0.0697. The number of anilines is 2. The monoisotopic (exact) mass is 334 g/mol. The second kappa shape index (κ2) is 6.46. The van der Waals surface area contributed by atoms with E-state index in [0.29, 0.717) is 48.1 Å². The highest BCUT2D eigenvalue weighted by Crippen LogP contribution is 2.26. The first-order chi connectivity index (χ1) is 11.1. The molecule has 0 bridgehead atoms. The van der Waals surface area contributed by atoms with Gasteiger partial charge in [-0.15, -0.1) is 0 Å². The zero-order chi connectivity index (χ0) is 16.4. The number of hydrogen-bond acceptors (Lipinski definition) is 3. The van der Waals surface area contributed by atoms with Crippen LogP contribution in [0.15, 0.2) is 42.5 Å². The summed E-state index contributed by atoms with van der Waals surface area (Å²) in [4.78, 5) is 15.3. The van der Waals surface area contributed by atoms with Gasteiger partial charge in [-0.3, -0.25) is 0 Å². The lowest BCUT2D eigenvalue weighted by atomic mass is 10.1. The molecule has 4 nitrogen and oxygen atoms in total. The highest BCUT2D eigenvalue weighted by atomic mass is 35.5. The Balaban J connectivity index is 1.75. The van der Waals surface area contributed by atoms with Crippen LogP contribution in [0.25, 0.3) is 0 Å². The van der Waals surface area contributed by atoms with Crippen molar-refractivity contribution < 1.29 is 14.3 Å². The first-order valence-electron chi connectivity index (χ1n) is 7.33. The topological polar surface area (TPSA) is 43.8 Å². The van der Waals surface area contributed by atoms with Crippen LogP contribution in [-0.4, -0.2) is 37.3 Å². The SMILES string of the molecule is O=C(O)c1ccccc1N1CCN(c2ccc(Cl)cc2F)CC1. The van der Waals surface area contributed by atoms with Crippen molar-refractivity contribution >= 4 is 28.9 Å². The molecule has 120 valence electrons. The number of nitrogens with zero attached hydrogens (tertiary/aromatic N) is 2. The molecule has 0 aliphatic carbocycles. The van der Waals surface area contributed by atoms with Crippen molar-refractivity contribution in [2.24, 2.45) is 0 Å². The quantitative estimate of drug-likeness (QED) is 0.933. The Morgan fingerprint density at radius 2 is 1.61 bits per heavy atom. The van der Waals surface area contributed by atoms with Gasteiger partial charge in [0.1, 0.15) is 5.82 Å². The Labute approximate surface area is 138 Å². The fourth-order valence-corrected chi connectivity index (χ4v) is 3.02. The van der Waals surface area contributed by atoms with Crippen LogP contribution in [-0.2, 0) is 0 Å². The van der Waals surface area contributed by atoms with Gasteiger partial charge in [-0.2, -0.15) is 0 Å². The minimum atomic E-state index is -0.938. The lowest BCUT2D eigenvalue weighted by Crippen LogP contribution is -2.47. The van der Waals surface area contributed by atoms with Gasteiger partial charge in [0.25, 0.3) is 0 Å². The number of benzene rings is 2. The Morgan fingerprint density at radius 1 is 1.00 bits per heavy atom. The summed E-state index contributed by atoms with van der Waals surface area (Å²) in [7, 11) is 0. The predicted molar refractivity (Wildman–Crippen MR) is 89.2 cm³/mol. The van der Waals surface area contributed by atoms with Gasteiger partial charge in [-0.05, 0) is 30.3 Å². The zero-order valence-corrected chi connectivity index (χ0v) is 13.1. The summed E-state index contributed by atoms with van der Waals surface area (Å²) in [6.07, 6.45) is 0. The van der Waals surface area contributed by atoms with Crippen molar-refractivity contribution in [3.63, 3.8) is 0 Å². The third-order valence-corrected chi connectivity index (χ3v) is 4.24. The summed E-state index contributed by atoms with van der Waals surface area (Å²) in [6.45, 7) is 2.50. The second-order valence-corrected chi connectivity index (χ2v) is 5.83. The normalized spacial score (nSPS) is 14.9. The van der Waals surface area contributed by atoms with E-state index < -0.39 is 5.97 Å². The third kappa shape index (κ3) is 3.24. The van der Waals surface area contributed by atoms with E-state index in [2.05, 4.69) is 0 Å². The molecule has 1 aliphatic rings. The third-order valence-electron chi connectivity index (χ3n) is 4.01. The van der Waals surface area contributed by atoms with E-state index in [1.807, 2.05) is 21.9 Å². The maximum Gasteiger partial charge on any atom is 0.337 e. The molecule has 2 aromatic rings. The van der Waals surface area contributed by atoms with Crippen molar-refractivity contribution in [2.75, 3.05) is 36.0 Å². The van der Waals surface area contributed by atoms with Crippen LogP contribution in [0.3, 0.4) is 0 Å². The van der Waals surface area contributed by atoms with Crippen LogP contribution in [0.1, 0.15) is 10.4 Å². The standard InChI is InChI=1S/C17H16ClFN2O2/c18-12-5-6-16(14(19)11-12)21-9-7-20(8-10-21)15-4-2-1-3-13(15)17(22)23/h1-6,11H,7-10H2,(H,22,23). The van der Waals surface area contributed by atoms with Crippen LogP contribution in [0.4, 0.5) is 15.8 Å². The second-order valence-electron chi connectivity index (χ2n) is 5.39. The first-order valence-corrected chi connectivity index (χ1v) is 7.71. The summed E-state index contributed by atoms with van der Waals surface area (Å²) >= 11 is 5.78. The molecule has 2 aromatic carbocycles. The van der Waals surface area contributed by atoms with E-state index in [0.717, 1.165) is 0 Å². The molecule has 0 amide bonds. The lowest BCUT2D eigenvalue weighted by Gasteiger charge is -2.38. The summed E-state index contributed by atoms with van der Waals surface area (Å²) < 4.78 is 14.0. The molecule has 0 atom stereocenters. The van der Waals surface area contributed by atoms with E-state index in [-0.39, 0.29) is 5.82 Å². The molecular weight excluding hydrogens is 319 g/mol. The van der Waals surface area contributed by atoms with Gasteiger partial charge in [0.05, 0.1) is 16.9 Å². The van der Waals surface area contributed by atoms with Crippen LogP contribution in [0.2, 0.25) is 5.02 Å². The molecule has 0 unspecified atom stereocenters. The highest BCUT2D eigenvalue weighted by molar-refractivity contribution is 6.30. The van der Waals surface area contributed by atoms with E-state index >= 15 is 0 Å². The molecule has 1 aliphatic heterocycles. The highest BCUT2D eigenvalue weighted by Gasteiger charge is 2.22. The van der Waals surface area contributed by atoms with Gasteiger partial charge in [0.2, 0.25) is 0 Å². The molecule has 0 saturated carbocycles. The first kappa shape index (κ1) is 15.6. The molecule has 0 spiro atoms. The number of hydrogen-bond donors (Lipinski definition) is 1. The van der Waals surface area contributed by atoms with Crippen LogP contribution in [0.5, 0.6) is 0 Å². The van der Waals surface area contributed by atoms with Crippen molar-refractivity contribution in [1.29, 1.82) is 0 Å². The number of aromatic carboxylic acids is 1. The summed E-state index contributed by atoms with van der Waals surface area (Å²) in [6, 6.07) is 11.6. The molecule has 3 rings (SSSR count). The fraction of sp³-hybridized carbons (Fsp3) is 0.235. The van der Waals surface area contributed by atoms with Crippen molar-refractivity contribution in [1.82, 2.24) is 0 Å². The number of carboxylic acids is 1. The Kier molecular flexibility index (Phi) is 4.39. The Morgan fingerprint density at radius 3 is 2.22 bits per heavy atom. The molecule has 1 heterocycles. The maximum absolute atomic E-state index is 14.0. The minimum absolute atomic E-state index is 0.290. The predicted octanol–water partition coefficient (Wildman–Crippen LogP) is 3.50. The Bertz CT molecular complexity index is 730. The average Bonchev–Trinajstić information content (AvgIpc) is 2.55. The van der Waals surface area contributed by atoms with Gasteiger partial charge < -0.3 is 14.9 Å². The Hall–Kier alpha value is -2.27. The number of para-hydroxylation sites is 1. The van der Waals surface area contributed by atoms with Gasteiger partial charge in [0, 0.05) is 31.2 Å². The van der Waals surface area contributed by atoms with Gasteiger partial charge >= 0.3 is 5.97 Å². The van der Waals surface area contributed by atoms with Crippen molar-refractivity contribution in [2.45, 2.75) is 0 Å². The largest absolute Gasteiger partial charge is 0.478 e. The molecule has 6 heteroatoms. The average molecular weight is 335 g/mol. The maximum atomic E-state index is 14.0. The van der Waals surface area contributed by atoms with Gasteiger partial charge in [-0.1, -0.05) is 23.7 Å². The van der Waals surface area contributed by atoms with Crippen LogP contribution >= 0.6 is 11.6 Å². The zero-order valence-electron chi connectivity index (χ0n) is 12.4. The molecule has 0 aromatic heterocycles. The van der Waals surface area contributed by atoms with Crippen molar-refractivity contribution in [3.8, 4) is 0 Å².